The number of benzene rings is 2. The Bertz CT molecular complexity index is 813. The molecule has 1 amide bonds. The molecule has 122 valence electrons. The Balaban J connectivity index is 1.43. The quantitative estimate of drug-likeness (QED) is 0.732. The lowest BCUT2D eigenvalue weighted by Crippen LogP contribution is -2.31. The molecule has 1 aliphatic rings. The number of hydrogen-bond acceptors (Lipinski definition) is 3. The normalized spacial score (nSPS) is 17.5. The van der Waals surface area contributed by atoms with Crippen LogP contribution in [-0.2, 0) is 4.79 Å². The number of rotatable bonds is 4. The highest BCUT2D eigenvalue weighted by molar-refractivity contribution is 7.99. The van der Waals surface area contributed by atoms with Crippen LogP contribution in [0.2, 0.25) is 0 Å². The van der Waals surface area contributed by atoms with Gasteiger partial charge in [0.15, 0.2) is 5.16 Å². The summed E-state index contributed by atoms with van der Waals surface area (Å²) < 4.78 is 0. The van der Waals surface area contributed by atoms with Gasteiger partial charge in [-0.05, 0) is 30.5 Å². The van der Waals surface area contributed by atoms with Gasteiger partial charge in [-0.25, -0.2) is 4.98 Å². The summed E-state index contributed by atoms with van der Waals surface area (Å²) in [7, 11) is 0. The Morgan fingerprint density at radius 1 is 1.17 bits per heavy atom. The van der Waals surface area contributed by atoms with Crippen molar-refractivity contribution < 1.29 is 4.79 Å². The lowest BCUT2D eigenvalue weighted by atomic mass is 10.0. The van der Waals surface area contributed by atoms with Gasteiger partial charge in [0, 0.05) is 6.54 Å². The van der Waals surface area contributed by atoms with E-state index in [1.165, 1.54) is 17.3 Å². The number of likely N-dealkylation sites (tertiary alicyclic amines) is 1. The molecule has 4 rings (SSSR count). The highest BCUT2D eigenvalue weighted by Crippen LogP contribution is 2.32. The van der Waals surface area contributed by atoms with Gasteiger partial charge in [-0.3, -0.25) is 4.79 Å². The zero-order valence-corrected chi connectivity index (χ0v) is 14.1. The SMILES string of the molecule is O=C(CSc1nc2ccccc2[nH]1)N1CCC[C@H]1c1ccccc1. The van der Waals surface area contributed by atoms with Gasteiger partial charge in [0.25, 0.3) is 0 Å². The fourth-order valence-corrected chi connectivity index (χ4v) is 4.07. The largest absolute Gasteiger partial charge is 0.335 e. The van der Waals surface area contributed by atoms with Crippen molar-refractivity contribution in [1.29, 1.82) is 0 Å². The summed E-state index contributed by atoms with van der Waals surface area (Å²) in [5, 5.41) is 0.806. The Hall–Kier alpha value is -2.27. The predicted molar refractivity (Wildman–Crippen MR) is 96.9 cm³/mol. The zero-order chi connectivity index (χ0) is 16.4. The van der Waals surface area contributed by atoms with Crippen molar-refractivity contribution in [3.63, 3.8) is 0 Å². The summed E-state index contributed by atoms with van der Waals surface area (Å²) in [5.41, 5.74) is 3.18. The Morgan fingerprint density at radius 3 is 2.79 bits per heavy atom. The number of thioether (sulfide) groups is 1. The Kier molecular flexibility index (Phi) is 4.26. The smallest absolute Gasteiger partial charge is 0.233 e. The summed E-state index contributed by atoms with van der Waals surface area (Å²) in [6, 6.07) is 18.5. The van der Waals surface area contributed by atoms with Gasteiger partial charge in [-0.2, -0.15) is 0 Å². The van der Waals surface area contributed by atoms with E-state index in [9.17, 15) is 4.79 Å². The van der Waals surface area contributed by atoms with E-state index in [0.717, 1.165) is 35.6 Å². The van der Waals surface area contributed by atoms with Crippen LogP contribution in [0.25, 0.3) is 11.0 Å². The van der Waals surface area contributed by atoms with Gasteiger partial charge in [0.1, 0.15) is 0 Å². The third kappa shape index (κ3) is 3.04. The number of aromatic amines is 1. The average Bonchev–Trinajstić information content (AvgIpc) is 3.27. The van der Waals surface area contributed by atoms with E-state index in [2.05, 4.69) is 22.1 Å². The number of fused-ring (bicyclic) bond motifs is 1. The summed E-state index contributed by atoms with van der Waals surface area (Å²) in [4.78, 5) is 22.5. The number of nitrogens with zero attached hydrogens (tertiary/aromatic N) is 2. The van der Waals surface area contributed by atoms with E-state index in [4.69, 9.17) is 0 Å². The number of H-pyrrole nitrogens is 1. The first-order valence-electron chi connectivity index (χ1n) is 8.23. The van der Waals surface area contributed by atoms with E-state index >= 15 is 0 Å². The van der Waals surface area contributed by atoms with E-state index in [1.807, 2.05) is 47.4 Å². The summed E-state index contributed by atoms with van der Waals surface area (Å²) in [5.74, 6) is 0.607. The number of hydrogen-bond donors (Lipinski definition) is 1. The van der Waals surface area contributed by atoms with Crippen molar-refractivity contribution in [3.8, 4) is 0 Å². The average molecular weight is 337 g/mol. The molecule has 2 aromatic carbocycles. The lowest BCUT2D eigenvalue weighted by molar-refractivity contribution is -0.129. The lowest BCUT2D eigenvalue weighted by Gasteiger charge is -2.24. The number of imidazole rings is 1. The van der Waals surface area contributed by atoms with E-state index in [1.54, 1.807) is 0 Å². The van der Waals surface area contributed by atoms with Gasteiger partial charge in [-0.1, -0.05) is 54.2 Å². The maximum atomic E-state index is 12.7. The molecule has 0 bridgehead atoms. The number of nitrogens with one attached hydrogen (secondary N) is 1. The second-order valence-corrected chi connectivity index (χ2v) is 6.97. The minimum absolute atomic E-state index is 0.187. The second-order valence-electron chi connectivity index (χ2n) is 6.00. The first kappa shape index (κ1) is 15.3. The number of para-hydroxylation sites is 2. The molecule has 1 aliphatic heterocycles. The first-order valence-corrected chi connectivity index (χ1v) is 9.22. The fraction of sp³-hybridized carbons (Fsp3) is 0.263. The molecule has 0 spiro atoms. The van der Waals surface area contributed by atoms with Crippen LogP contribution in [0, 0.1) is 0 Å². The van der Waals surface area contributed by atoms with Gasteiger partial charge in [0.2, 0.25) is 5.91 Å². The van der Waals surface area contributed by atoms with Crippen LogP contribution in [0.15, 0.2) is 59.8 Å². The molecule has 0 saturated carbocycles. The summed E-state index contributed by atoms with van der Waals surface area (Å²) in [6.45, 7) is 0.846. The summed E-state index contributed by atoms with van der Waals surface area (Å²) in [6.07, 6.45) is 2.12. The molecule has 5 heteroatoms. The minimum atomic E-state index is 0.187. The van der Waals surface area contributed by atoms with Crippen LogP contribution in [0.5, 0.6) is 0 Å². The van der Waals surface area contributed by atoms with Gasteiger partial charge in [-0.15, -0.1) is 0 Å². The van der Waals surface area contributed by atoms with Crippen LogP contribution in [0.1, 0.15) is 24.4 Å². The standard InChI is InChI=1S/C19H19N3OS/c23-18(13-24-19-20-15-9-4-5-10-16(15)21-19)22-12-6-11-17(22)14-7-2-1-3-8-14/h1-5,7-10,17H,6,11-13H2,(H,20,21)/t17-/m0/s1. The van der Waals surface area contributed by atoms with E-state index < -0.39 is 0 Å². The van der Waals surface area contributed by atoms with Crippen LogP contribution < -0.4 is 0 Å². The van der Waals surface area contributed by atoms with Crippen LogP contribution in [0.3, 0.4) is 0 Å². The van der Waals surface area contributed by atoms with Crippen molar-refractivity contribution in [2.75, 3.05) is 12.3 Å². The maximum absolute atomic E-state index is 12.7. The molecule has 4 nitrogen and oxygen atoms in total. The van der Waals surface area contributed by atoms with Crippen molar-refractivity contribution in [2.24, 2.45) is 0 Å². The van der Waals surface area contributed by atoms with Crippen LogP contribution in [0.4, 0.5) is 0 Å². The molecule has 24 heavy (non-hydrogen) atoms. The zero-order valence-electron chi connectivity index (χ0n) is 13.3. The minimum Gasteiger partial charge on any atom is -0.335 e. The third-order valence-corrected chi connectivity index (χ3v) is 5.32. The highest BCUT2D eigenvalue weighted by Gasteiger charge is 2.29. The number of carbonyl (C=O) groups excluding carboxylic acids is 1. The first-order chi connectivity index (χ1) is 11.8. The van der Waals surface area contributed by atoms with Gasteiger partial charge >= 0.3 is 0 Å². The molecular formula is C19H19N3OS. The fourth-order valence-electron chi connectivity index (χ4n) is 3.30. The molecule has 1 saturated heterocycles. The van der Waals surface area contributed by atoms with Crippen molar-refractivity contribution in [2.45, 2.75) is 24.0 Å². The second kappa shape index (κ2) is 6.69. The number of amides is 1. The topological polar surface area (TPSA) is 49.0 Å². The van der Waals surface area contributed by atoms with Gasteiger partial charge < -0.3 is 9.88 Å². The highest BCUT2D eigenvalue weighted by atomic mass is 32.2. The van der Waals surface area contributed by atoms with Crippen molar-refractivity contribution in [3.05, 3.63) is 60.2 Å². The molecule has 1 aromatic heterocycles. The molecular weight excluding hydrogens is 318 g/mol. The van der Waals surface area contributed by atoms with Crippen molar-refractivity contribution >= 4 is 28.7 Å². The molecule has 1 atom stereocenters. The monoisotopic (exact) mass is 337 g/mol. The molecule has 1 fully saturated rings. The van der Waals surface area contributed by atoms with Crippen LogP contribution in [-0.4, -0.2) is 33.1 Å². The Morgan fingerprint density at radius 2 is 1.96 bits per heavy atom. The number of aromatic nitrogens is 2. The van der Waals surface area contributed by atoms with E-state index in [0.29, 0.717) is 5.75 Å². The molecule has 2 heterocycles. The van der Waals surface area contributed by atoms with Crippen LogP contribution >= 0.6 is 11.8 Å². The van der Waals surface area contributed by atoms with Crippen molar-refractivity contribution in [1.82, 2.24) is 14.9 Å². The van der Waals surface area contributed by atoms with E-state index in [-0.39, 0.29) is 11.9 Å². The van der Waals surface area contributed by atoms with Gasteiger partial charge in [0.05, 0.1) is 22.8 Å². The molecule has 0 unspecified atom stereocenters. The maximum Gasteiger partial charge on any atom is 0.233 e. The Labute approximate surface area is 145 Å². The third-order valence-electron chi connectivity index (χ3n) is 4.46. The predicted octanol–water partition coefficient (Wildman–Crippen LogP) is 4.02. The molecule has 0 aliphatic carbocycles. The number of carbonyl (C=O) groups is 1. The molecule has 3 aromatic rings. The molecule has 0 radical (unpaired) electrons. The molecule has 1 N–H and O–H groups in total. The summed E-state index contributed by atoms with van der Waals surface area (Å²) >= 11 is 1.48.